The largest absolute Gasteiger partial charge is 0.316 e. The fraction of sp³-hybridized carbons (Fsp3) is 0.579. The van der Waals surface area contributed by atoms with Gasteiger partial charge in [-0.1, -0.05) is 26.8 Å². The van der Waals surface area contributed by atoms with E-state index in [0.29, 0.717) is 5.78 Å². The molecule has 1 fully saturated rings. The number of Topliss-reactive ketones (excluding diaryl/α,β-unsaturated/α-hetero) is 1. The second kappa shape index (κ2) is 5.62. The van der Waals surface area contributed by atoms with Crippen molar-refractivity contribution in [1.29, 1.82) is 0 Å². The van der Waals surface area contributed by atoms with Gasteiger partial charge in [0.05, 0.1) is 5.69 Å². The fourth-order valence-electron chi connectivity index (χ4n) is 3.52. The van der Waals surface area contributed by atoms with Crippen molar-refractivity contribution in [1.82, 2.24) is 10.3 Å². The standard InChI is InChI=1S/C19H26N2O/c1-18(2,3)6-7-19(8-10-20-13-19)17(22)15-11-14-5-4-9-21-16(14)12-15/h4-5,9,12,20H,6-8,10-11,13H2,1-3H3. The molecule has 0 saturated carbocycles. The topological polar surface area (TPSA) is 42.0 Å². The van der Waals surface area contributed by atoms with Gasteiger partial charge in [0, 0.05) is 30.2 Å². The lowest BCUT2D eigenvalue weighted by atomic mass is 9.72. The van der Waals surface area contributed by atoms with Gasteiger partial charge in [-0.05, 0) is 48.9 Å². The van der Waals surface area contributed by atoms with Gasteiger partial charge in [0.25, 0.3) is 0 Å². The number of rotatable bonds is 4. The molecule has 1 aliphatic heterocycles. The third-order valence-electron chi connectivity index (χ3n) is 4.99. The molecule has 1 saturated heterocycles. The average Bonchev–Trinajstić information content (AvgIpc) is 3.11. The van der Waals surface area contributed by atoms with Crippen LogP contribution in [-0.2, 0) is 11.2 Å². The van der Waals surface area contributed by atoms with Crippen LogP contribution in [0.4, 0.5) is 0 Å². The number of carbonyl (C=O) groups is 1. The molecular formula is C19H26N2O. The van der Waals surface area contributed by atoms with Crippen molar-refractivity contribution in [2.45, 2.75) is 46.5 Å². The zero-order valence-corrected chi connectivity index (χ0v) is 13.9. The molecule has 3 nitrogen and oxygen atoms in total. The van der Waals surface area contributed by atoms with E-state index in [1.165, 1.54) is 5.56 Å². The second-order valence-corrected chi connectivity index (χ2v) is 7.99. The summed E-state index contributed by atoms with van der Waals surface area (Å²) >= 11 is 0. The Hall–Kier alpha value is -1.48. The number of pyridine rings is 1. The van der Waals surface area contributed by atoms with Crippen molar-refractivity contribution >= 4 is 11.9 Å². The summed E-state index contributed by atoms with van der Waals surface area (Å²) in [4.78, 5) is 17.6. The zero-order valence-electron chi connectivity index (χ0n) is 13.9. The summed E-state index contributed by atoms with van der Waals surface area (Å²) in [5.74, 6) is 0.347. The predicted octanol–water partition coefficient (Wildman–Crippen LogP) is 3.40. The average molecular weight is 298 g/mol. The van der Waals surface area contributed by atoms with Crippen LogP contribution in [0.1, 0.15) is 51.3 Å². The van der Waals surface area contributed by atoms with E-state index in [1.54, 1.807) is 6.20 Å². The minimum Gasteiger partial charge on any atom is -0.316 e. The molecule has 3 heteroatoms. The number of ketones is 1. The van der Waals surface area contributed by atoms with Crippen LogP contribution in [0.3, 0.4) is 0 Å². The zero-order chi connectivity index (χ0) is 15.8. The van der Waals surface area contributed by atoms with Crippen LogP contribution in [0.25, 0.3) is 6.08 Å². The molecule has 1 aliphatic carbocycles. The van der Waals surface area contributed by atoms with Crippen molar-refractivity contribution in [2.75, 3.05) is 13.1 Å². The minimum absolute atomic E-state index is 0.207. The van der Waals surface area contributed by atoms with Crippen molar-refractivity contribution in [3.63, 3.8) is 0 Å². The molecule has 2 aliphatic rings. The van der Waals surface area contributed by atoms with Gasteiger partial charge >= 0.3 is 0 Å². The molecule has 2 heterocycles. The lowest BCUT2D eigenvalue weighted by molar-refractivity contribution is -0.124. The Bertz CT molecular complexity index is 604. The number of nitrogens with zero attached hydrogens (tertiary/aromatic N) is 1. The molecule has 0 spiro atoms. The van der Waals surface area contributed by atoms with Crippen molar-refractivity contribution in [2.24, 2.45) is 10.8 Å². The van der Waals surface area contributed by atoms with E-state index in [0.717, 1.165) is 50.0 Å². The second-order valence-electron chi connectivity index (χ2n) is 7.99. The maximum atomic E-state index is 13.2. The van der Waals surface area contributed by atoms with Gasteiger partial charge in [-0.2, -0.15) is 0 Å². The highest BCUT2D eigenvalue weighted by atomic mass is 16.1. The molecule has 1 atom stereocenters. The number of aromatic nitrogens is 1. The predicted molar refractivity (Wildman–Crippen MR) is 89.5 cm³/mol. The van der Waals surface area contributed by atoms with E-state index in [4.69, 9.17) is 0 Å². The molecule has 0 amide bonds. The Morgan fingerprint density at radius 3 is 2.86 bits per heavy atom. The third kappa shape index (κ3) is 3.00. The Morgan fingerprint density at radius 1 is 1.41 bits per heavy atom. The highest BCUT2D eigenvalue weighted by Gasteiger charge is 2.43. The first-order valence-electron chi connectivity index (χ1n) is 8.30. The van der Waals surface area contributed by atoms with Crippen LogP contribution >= 0.6 is 0 Å². The molecule has 0 bridgehead atoms. The van der Waals surface area contributed by atoms with Crippen LogP contribution in [0.5, 0.6) is 0 Å². The summed E-state index contributed by atoms with van der Waals surface area (Å²) in [6, 6.07) is 4.03. The smallest absolute Gasteiger partial charge is 0.166 e. The summed E-state index contributed by atoms with van der Waals surface area (Å²) in [5, 5.41) is 3.41. The normalized spacial score (nSPS) is 24.2. The monoisotopic (exact) mass is 298 g/mol. The molecule has 1 aromatic heterocycles. The van der Waals surface area contributed by atoms with E-state index in [-0.39, 0.29) is 10.8 Å². The number of hydrogen-bond acceptors (Lipinski definition) is 3. The summed E-state index contributed by atoms with van der Waals surface area (Å²) in [7, 11) is 0. The van der Waals surface area contributed by atoms with Crippen LogP contribution in [0.2, 0.25) is 0 Å². The Kier molecular flexibility index (Phi) is 3.94. The van der Waals surface area contributed by atoms with Crippen molar-refractivity contribution < 1.29 is 4.79 Å². The van der Waals surface area contributed by atoms with Gasteiger partial charge < -0.3 is 5.32 Å². The highest BCUT2D eigenvalue weighted by Crippen LogP contribution is 2.40. The molecular weight excluding hydrogens is 272 g/mol. The number of carbonyl (C=O) groups excluding carboxylic acids is 1. The molecule has 1 N–H and O–H groups in total. The minimum atomic E-state index is -0.207. The van der Waals surface area contributed by atoms with Crippen LogP contribution in [0.15, 0.2) is 23.9 Å². The van der Waals surface area contributed by atoms with Gasteiger partial charge in [0.1, 0.15) is 0 Å². The van der Waals surface area contributed by atoms with Crippen molar-refractivity contribution in [3.8, 4) is 0 Å². The number of allylic oxidation sites excluding steroid dienone is 1. The number of hydrogen-bond donors (Lipinski definition) is 1. The van der Waals surface area contributed by atoms with Gasteiger partial charge in [-0.3, -0.25) is 9.78 Å². The summed E-state index contributed by atoms with van der Waals surface area (Å²) in [6.07, 6.45) is 7.58. The Labute approximate surface area is 133 Å². The molecule has 0 radical (unpaired) electrons. The van der Waals surface area contributed by atoms with E-state index < -0.39 is 0 Å². The first-order valence-corrected chi connectivity index (χ1v) is 8.30. The SMILES string of the molecule is CC(C)(C)CCC1(C(=O)C2=Cc3ncccc3C2)CCNC1. The van der Waals surface area contributed by atoms with E-state index in [9.17, 15) is 4.79 Å². The maximum absolute atomic E-state index is 13.2. The molecule has 3 rings (SSSR count). The summed E-state index contributed by atoms with van der Waals surface area (Å²) in [6.45, 7) is 8.53. The lowest BCUT2D eigenvalue weighted by Gasteiger charge is -2.30. The molecule has 1 unspecified atom stereocenters. The quantitative estimate of drug-likeness (QED) is 0.926. The first-order chi connectivity index (χ1) is 10.4. The van der Waals surface area contributed by atoms with Gasteiger partial charge in [-0.15, -0.1) is 0 Å². The van der Waals surface area contributed by atoms with Crippen LogP contribution in [0, 0.1) is 10.8 Å². The van der Waals surface area contributed by atoms with Crippen LogP contribution < -0.4 is 5.32 Å². The summed E-state index contributed by atoms with van der Waals surface area (Å²) in [5.41, 5.74) is 3.17. The Balaban J connectivity index is 1.80. The van der Waals surface area contributed by atoms with E-state index in [1.807, 2.05) is 12.1 Å². The third-order valence-corrected chi connectivity index (χ3v) is 4.99. The van der Waals surface area contributed by atoms with E-state index in [2.05, 4.69) is 37.1 Å². The highest BCUT2D eigenvalue weighted by molar-refractivity contribution is 6.05. The fourth-order valence-corrected chi connectivity index (χ4v) is 3.52. The number of nitrogens with one attached hydrogen (secondary N) is 1. The lowest BCUT2D eigenvalue weighted by Crippen LogP contribution is -2.35. The van der Waals surface area contributed by atoms with Crippen LogP contribution in [-0.4, -0.2) is 23.9 Å². The molecule has 1 aromatic rings. The van der Waals surface area contributed by atoms with Gasteiger partial charge in [0.2, 0.25) is 0 Å². The first kappa shape index (κ1) is 15.4. The van der Waals surface area contributed by atoms with E-state index >= 15 is 0 Å². The molecule has 0 aromatic carbocycles. The number of fused-ring (bicyclic) bond motifs is 1. The van der Waals surface area contributed by atoms with Crippen molar-refractivity contribution in [3.05, 3.63) is 35.2 Å². The summed E-state index contributed by atoms with van der Waals surface area (Å²) < 4.78 is 0. The van der Waals surface area contributed by atoms with Gasteiger partial charge in [-0.25, -0.2) is 0 Å². The molecule has 118 valence electrons. The van der Waals surface area contributed by atoms with Gasteiger partial charge in [0.15, 0.2) is 5.78 Å². The molecule has 22 heavy (non-hydrogen) atoms. The Morgan fingerprint density at radius 2 is 2.23 bits per heavy atom. The maximum Gasteiger partial charge on any atom is 0.166 e.